The summed E-state index contributed by atoms with van der Waals surface area (Å²) in [7, 11) is 0. The molecule has 0 spiro atoms. The molecule has 7 rings (SSSR count). The van der Waals surface area contributed by atoms with Gasteiger partial charge in [-0.25, -0.2) is 9.59 Å². The van der Waals surface area contributed by atoms with Crippen LogP contribution in [0.5, 0.6) is 17.2 Å². The van der Waals surface area contributed by atoms with Crippen molar-refractivity contribution in [2.24, 2.45) is 11.3 Å². The summed E-state index contributed by atoms with van der Waals surface area (Å²) in [5.41, 5.74) is -5.17. The van der Waals surface area contributed by atoms with E-state index in [9.17, 15) is 50.1 Å². The molecule has 2 aromatic rings. The topological polar surface area (TPSA) is 239 Å². The zero-order chi connectivity index (χ0) is 32.5. The van der Waals surface area contributed by atoms with E-state index in [0.29, 0.717) is 0 Å². The summed E-state index contributed by atoms with van der Waals surface area (Å²) in [4.78, 5) is 39.9. The van der Waals surface area contributed by atoms with Crippen LogP contribution in [0.4, 0.5) is 0 Å². The molecule has 15 nitrogen and oxygen atoms in total. The highest BCUT2D eigenvalue weighted by molar-refractivity contribution is 5.92. The van der Waals surface area contributed by atoms with Crippen molar-refractivity contribution in [1.29, 1.82) is 0 Å². The van der Waals surface area contributed by atoms with Crippen molar-refractivity contribution in [3.05, 3.63) is 53.6 Å². The number of carbonyl (C=O) groups excluding carboxylic acids is 3. The molecule has 5 fully saturated rings. The summed E-state index contributed by atoms with van der Waals surface area (Å²) in [6.07, 6.45) is -9.49. The van der Waals surface area contributed by atoms with E-state index >= 15 is 0 Å². The molecule has 2 heterocycles. The van der Waals surface area contributed by atoms with Gasteiger partial charge in [-0.15, -0.1) is 0 Å². The van der Waals surface area contributed by atoms with Crippen molar-refractivity contribution in [2.75, 3.05) is 13.2 Å². The molecular formula is C30H32O15. The summed E-state index contributed by atoms with van der Waals surface area (Å²) in [6.45, 7) is 0.170. The fourth-order valence-electron chi connectivity index (χ4n) is 7.21. The summed E-state index contributed by atoms with van der Waals surface area (Å²) in [5, 5.41) is 70.5. The third-order valence-corrected chi connectivity index (χ3v) is 9.61. The van der Waals surface area contributed by atoms with Gasteiger partial charge in [0, 0.05) is 12.3 Å². The van der Waals surface area contributed by atoms with Gasteiger partial charge >= 0.3 is 17.9 Å². The molecule has 2 saturated heterocycles. The van der Waals surface area contributed by atoms with Gasteiger partial charge in [-0.3, -0.25) is 4.79 Å². The van der Waals surface area contributed by atoms with Gasteiger partial charge in [-0.05, 0) is 37.6 Å². The number of aromatic hydroxyl groups is 3. The molecule has 45 heavy (non-hydrogen) atoms. The normalized spacial score (nSPS) is 38.2. The Morgan fingerprint density at radius 1 is 0.933 bits per heavy atom. The number of fused-ring (bicyclic) bond motifs is 1. The first kappa shape index (κ1) is 31.0. The molecule has 0 radical (unpaired) electrons. The number of phenols is 3. The molecule has 0 amide bonds. The highest BCUT2D eigenvalue weighted by Crippen LogP contribution is 2.74. The Balaban J connectivity index is 1.34. The number of carbonyl (C=O) groups is 3. The largest absolute Gasteiger partial charge is 0.504 e. The Bertz CT molecular complexity index is 1490. The van der Waals surface area contributed by atoms with Crippen LogP contribution < -0.4 is 0 Å². The zero-order valence-electron chi connectivity index (χ0n) is 23.8. The van der Waals surface area contributed by atoms with Gasteiger partial charge in [0.2, 0.25) is 0 Å². The second-order valence-electron chi connectivity index (χ2n) is 12.0. The summed E-state index contributed by atoms with van der Waals surface area (Å²) in [5.74, 6) is -5.87. The Morgan fingerprint density at radius 3 is 2.24 bits per heavy atom. The van der Waals surface area contributed by atoms with Crippen LogP contribution in [0.25, 0.3) is 0 Å². The van der Waals surface area contributed by atoms with Crippen LogP contribution >= 0.6 is 0 Å². The number of esters is 3. The van der Waals surface area contributed by atoms with E-state index in [1.807, 2.05) is 0 Å². The number of aliphatic hydroxyl groups is 4. The number of phenolic OH excluding ortho intramolecular Hbond substituents is 3. The van der Waals surface area contributed by atoms with Gasteiger partial charge in [0.15, 0.2) is 23.5 Å². The van der Waals surface area contributed by atoms with E-state index in [4.69, 9.17) is 23.7 Å². The van der Waals surface area contributed by atoms with Crippen LogP contribution in [0.15, 0.2) is 42.5 Å². The van der Waals surface area contributed by atoms with Crippen molar-refractivity contribution in [3.63, 3.8) is 0 Å². The van der Waals surface area contributed by atoms with E-state index < -0.39 is 108 Å². The van der Waals surface area contributed by atoms with Crippen molar-refractivity contribution in [2.45, 2.75) is 67.8 Å². The van der Waals surface area contributed by atoms with Crippen molar-refractivity contribution in [1.82, 2.24) is 0 Å². The second kappa shape index (κ2) is 10.8. The zero-order valence-corrected chi connectivity index (χ0v) is 23.8. The Kier molecular flexibility index (Phi) is 7.46. The predicted molar refractivity (Wildman–Crippen MR) is 145 cm³/mol. The average molecular weight is 633 g/mol. The van der Waals surface area contributed by atoms with Crippen molar-refractivity contribution < 1.29 is 73.8 Å². The molecule has 242 valence electrons. The molecule has 7 N–H and O–H groups in total. The van der Waals surface area contributed by atoms with Gasteiger partial charge in [-0.1, -0.05) is 18.2 Å². The fraction of sp³-hybridized carbons (Fsp3) is 0.500. The Morgan fingerprint density at radius 2 is 1.60 bits per heavy atom. The predicted octanol–water partition coefficient (Wildman–Crippen LogP) is -0.533. The highest BCUT2D eigenvalue weighted by Gasteiger charge is 2.89. The lowest BCUT2D eigenvalue weighted by atomic mass is 9.40. The number of hydrogen-bond acceptors (Lipinski definition) is 15. The lowest BCUT2D eigenvalue weighted by molar-refractivity contribution is -0.393. The SMILES string of the molecule is CC12C[C@@H](OC(=O)c3cc(O)c(O)c(O)c3)[C@@H]3CC1(O[C@@H]1O[C@H](CO)[C@@H](O)[C@H](O)[C@H]1O)C3(COC(=O)c1ccccc1)C(=O)O2. The molecule has 4 bridgehead atoms. The third-order valence-electron chi connectivity index (χ3n) is 9.61. The lowest BCUT2D eigenvalue weighted by Crippen LogP contribution is -2.80. The van der Waals surface area contributed by atoms with Crippen LogP contribution in [0.2, 0.25) is 0 Å². The molecule has 2 aliphatic heterocycles. The van der Waals surface area contributed by atoms with Crippen LogP contribution in [-0.2, 0) is 28.5 Å². The van der Waals surface area contributed by atoms with E-state index in [1.165, 1.54) is 19.1 Å². The van der Waals surface area contributed by atoms with Crippen LogP contribution in [-0.4, -0.2) is 115 Å². The molecule has 3 aliphatic carbocycles. The van der Waals surface area contributed by atoms with E-state index in [2.05, 4.69) is 0 Å². The minimum Gasteiger partial charge on any atom is -0.504 e. The molecule has 0 aromatic heterocycles. The smallest absolute Gasteiger partial charge is 0.338 e. The maximum atomic E-state index is 13.8. The molecule has 5 aliphatic rings. The van der Waals surface area contributed by atoms with Gasteiger partial charge in [0.25, 0.3) is 0 Å². The van der Waals surface area contributed by atoms with Gasteiger partial charge in [0.05, 0.1) is 17.7 Å². The monoisotopic (exact) mass is 632 g/mol. The maximum absolute atomic E-state index is 13.8. The Hall–Kier alpha value is -3.99. The quantitative estimate of drug-likeness (QED) is 0.110. The van der Waals surface area contributed by atoms with Gasteiger partial charge < -0.3 is 59.4 Å². The van der Waals surface area contributed by atoms with Crippen molar-refractivity contribution in [3.8, 4) is 17.2 Å². The fourth-order valence-corrected chi connectivity index (χ4v) is 7.21. The number of aliphatic hydroxyl groups excluding tert-OH is 4. The minimum absolute atomic E-state index is 0.0445. The highest BCUT2D eigenvalue weighted by atomic mass is 16.7. The third kappa shape index (κ3) is 4.45. The van der Waals surface area contributed by atoms with E-state index in [1.54, 1.807) is 18.2 Å². The molecule has 3 saturated carbocycles. The molecule has 2 aromatic carbocycles. The summed E-state index contributed by atoms with van der Waals surface area (Å²) < 4.78 is 29.1. The number of rotatable bonds is 8. The van der Waals surface area contributed by atoms with E-state index in [0.717, 1.165) is 12.1 Å². The standard InChI is InChI=1S/C30H32O15/c1-28-10-18(42-25(39)14-7-16(32)20(34)17(33)8-14)15-9-30(28,44-26-23(37)22(36)21(35)19(11-31)43-26)29(15,27(40)45-28)12-41-24(38)13-5-3-2-4-6-13/h2-8,15,18-19,21-23,26,31-37H,9-12H2,1H3/t15-,18+,19+,21+,22-,23+,26-,28?,29?,30?/m0/s1. The summed E-state index contributed by atoms with van der Waals surface area (Å²) >= 11 is 0. The van der Waals surface area contributed by atoms with Crippen molar-refractivity contribution >= 4 is 17.9 Å². The molecular weight excluding hydrogens is 600 g/mol. The first-order valence-electron chi connectivity index (χ1n) is 14.2. The van der Waals surface area contributed by atoms with Gasteiger partial charge in [0.1, 0.15) is 53.7 Å². The number of ether oxygens (including phenoxy) is 5. The van der Waals surface area contributed by atoms with Crippen LogP contribution in [0.3, 0.4) is 0 Å². The van der Waals surface area contributed by atoms with Crippen LogP contribution in [0.1, 0.15) is 40.5 Å². The van der Waals surface area contributed by atoms with Gasteiger partial charge in [-0.2, -0.15) is 0 Å². The Labute approximate surface area is 255 Å². The first-order chi connectivity index (χ1) is 21.3. The lowest BCUT2D eigenvalue weighted by Gasteiger charge is -2.66. The molecule has 3 unspecified atom stereocenters. The van der Waals surface area contributed by atoms with Crippen LogP contribution in [0, 0.1) is 11.3 Å². The number of benzene rings is 2. The minimum atomic E-state index is -1.82. The average Bonchev–Trinajstić information content (AvgIpc) is 3.07. The summed E-state index contributed by atoms with van der Waals surface area (Å²) in [6, 6.07) is 9.73. The molecule has 15 heteroatoms. The number of hydrogen-bond donors (Lipinski definition) is 7. The molecule has 10 atom stereocenters. The van der Waals surface area contributed by atoms with E-state index in [-0.39, 0.29) is 24.0 Å². The first-order valence-corrected chi connectivity index (χ1v) is 14.2. The second-order valence-corrected chi connectivity index (χ2v) is 12.0. The maximum Gasteiger partial charge on any atom is 0.338 e.